The van der Waals surface area contributed by atoms with Gasteiger partial charge >= 0.3 is 0 Å². The molecule has 1 aromatic rings. The van der Waals surface area contributed by atoms with Crippen LogP contribution < -0.4 is 4.90 Å². The fraction of sp³-hybridized carbons (Fsp3) is 0.688. The monoisotopic (exact) mass is 262 g/mol. The number of hydrogen-bond donors (Lipinski definition) is 1. The van der Waals surface area contributed by atoms with Gasteiger partial charge in [0.2, 0.25) is 0 Å². The van der Waals surface area contributed by atoms with Crippen molar-refractivity contribution in [2.45, 2.75) is 52.1 Å². The van der Waals surface area contributed by atoms with Gasteiger partial charge in [-0.15, -0.1) is 0 Å². The van der Waals surface area contributed by atoms with E-state index in [2.05, 4.69) is 16.8 Å². The van der Waals surface area contributed by atoms with E-state index in [-0.39, 0.29) is 0 Å². The van der Waals surface area contributed by atoms with Gasteiger partial charge in [0.05, 0.1) is 6.10 Å². The lowest BCUT2D eigenvalue weighted by atomic mass is 9.96. The van der Waals surface area contributed by atoms with Crippen molar-refractivity contribution in [3.05, 3.63) is 23.9 Å². The SMILES string of the molecule is CCCC1CCCN(c2ncccc2[C@@H](C)O)CC1. The average Bonchev–Trinajstić information content (AvgIpc) is 2.65. The maximum absolute atomic E-state index is 9.88. The van der Waals surface area contributed by atoms with Crippen molar-refractivity contribution in [1.29, 1.82) is 0 Å². The van der Waals surface area contributed by atoms with Crippen molar-refractivity contribution in [2.75, 3.05) is 18.0 Å². The Hall–Kier alpha value is -1.09. The molecule has 1 aliphatic rings. The maximum Gasteiger partial charge on any atom is 0.134 e. The highest BCUT2D eigenvalue weighted by molar-refractivity contribution is 5.47. The lowest BCUT2D eigenvalue weighted by molar-refractivity contribution is 0.199. The van der Waals surface area contributed by atoms with Crippen LogP contribution in [-0.4, -0.2) is 23.2 Å². The van der Waals surface area contributed by atoms with Gasteiger partial charge in [-0.2, -0.15) is 0 Å². The Morgan fingerprint density at radius 3 is 3.00 bits per heavy atom. The minimum Gasteiger partial charge on any atom is -0.389 e. The molecule has 2 heterocycles. The predicted molar refractivity (Wildman–Crippen MR) is 79.3 cm³/mol. The van der Waals surface area contributed by atoms with Crippen LogP contribution in [-0.2, 0) is 0 Å². The highest BCUT2D eigenvalue weighted by atomic mass is 16.3. The van der Waals surface area contributed by atoms with E-state index in [0.717, 1.165) is 30.4 Å². The fourth-order valence-electron chi connectivity index (χ4n) is 3.07. The van der Waals surface area contributed by atoms with E-state index in [9.17, 15) is 5.11 Å². The van der Waals surface area contributed by atoms with Crippen LogP contribution in [0.25, 0.3) is 0 Å². The van der Waals surface area contributed by atoms with Crippen LogP contribution in [0.1, 0.15) is 57.6 Å². The Balaban J connectivity index is 2.10. The first-order valence-electron chi connectivity index (χ1n) is 7.60. The van der Waals surface area contributed by atoms with E-state index in [1.54, 1.807) is 0 Å². The fourth-order valence-corrected chi connectivity index (χ4v) is 3.07. The zero-order valence-electron chi connectivity index (χ0n) is 12.2. The molecule has 2 atom stereocenters. The summed E-state index contributed by atoms with van der Waals surface area (Å²) in [5.74, 6) is 1.85. The molecule has 0 aliphatic carbocycles. The number of nitrogens with zero attached hydrogens (tertiary/aromatic N) is 2. The zero-order chi connectivity index (χ0) is 13.7. The average molecular weight is 262 g/mol. The second-order valence-electron chi connectivity index (χ2n) is 5.66. The summed E-state index contributed by atoms with van der Waals surface area (Å²) in [6, 6.07) is 3.89. The summed E-state index contributed by atoms with van der Waals surface area (Å²) in [6.07, 6.45) is 7.84. The molecule has 1 saturated heterocycles. The second kappa shape index (κ2) is 6.90. The summed E-state index contributed by atoms with van der Waals surface area (Å²) in [5.41, 5.74) is 0.955. The van der Waals surface area contributed by atoms with Gasteiger partial charge in [0.25, 0.3) is 0 Å². The Kier molecular flexibility index (Phi) is 5.20. The quantitative estimate of drug-likeness (QED) is 0.901. The van der Waals surface area contributed by atoms with Crippen molar-refractivity contribution in [3.8, 4) is 0 Å². The van der Waals surface area contributed by atoms with E-state index in [0.29, 0.717) is 0 Å². The number of anilines is 1. The summed E-state index contributed by atoms with van der Waals surface area (Å²) in [5, 5.41) is 9.88. The molecule has 1 aliphatic heterocycles. The molecule has 0 radical (unpaired) electrons. The molecule has 1 fully saturated rings. The largest absolute Gasteiger partial charge is 0.389 e. The minimum absolute atomic E-state index is 0.446. The van der Waals surface area contributed by atoms with Crippen LogP contribution in [0.3, 0.4) is 0 Å². The van der Waals surface area contributed by atoms with Gasteiger partial charge in [0, 0.05) is 24.8 Å². The molecule has 106 valence electrons. The Morgan fingerprint density at radius 1 is 1.42 bits per heavy atom. The summed E-state index contributed by atoms with van der Waals surface area (Å²) < 4.78 is 0. The summed E-state index contributed by atoms with van der Waals surface area (Å²) in [7, 11) is 0. The highest BCUT2D eigenvalue weighted by Gasteiger charge is 2.20. The molecule has 3 heteroatoms. The number of aliphatic hydroxyl groups is 1. The van der Waals surface area contributed by atoms with Crippen molar-refractivity contribution < 1.29 is 5.11 Å². The van der Waals surface area contributed by atoms with Crippen LogP contribution in [0.2, 0.25) is 0 Å². The first kappa shape index (κ1) is 14.3. The van der Waals surface area contributed by atoms with Crippen molar-refractivity contribution >= 4 is 5.82 Å². The second-order valence-corrected chi connectivity index (χ2v) is 5.66. The standard InChI is InChI=1S/C16H26N2O/c1-3-6-14-7-5-11-18(12-9-14)16-15(13(2)19)8-4-10-17-16/h4,8,10,13-14,19H,3,5-7,9,11-12H2,1-2H3/t13-,14?/m1/s1. The van der Waals surface area contributed by atoms with E-state index in [1.165, 1.54) is 32.1 Å². The number of aromatic nitrogens is 1. The topological polar surface area (TPSA) is 36.4 Å². The van der Waals surface area contributed by atoms with E-state index in [4.69, 9.17) is 0 Å². The van der Waals surface area contributed by atoms with Gasteiger partial charge in [-0.1, -0.05) is 25.8 Å². The van der Waals surface area contributed by atoms with Gasteiger partial charge in [0.1, 0.15) is 5.82 Å². The van der Waals surface area contributed by atoms with E-state index in [1.807, 2.05) is 25.3 Å². The molecule has 0 aromatic carbocycles. The Morgan fingerprint density at radius 2 is 2.26 bits per heavy atom. The van der Waals surface area contributed by atoms with Crippen molar-refractivity contribution in [2.24, 2.45) is 5.92 Å². The summed E-state index contributed by atoms with van der Waals surface area (Å²) >= 11 is 0. The van der Waals surface area contributed by atoms with Crippen LogP contribution >= 0.6 is 0 Å². The van der Waals surface area contributed by atoms with Crippen LogP contribution in [0.5, 0.6) is 0 Å². The Bertz CT molecular complexity index is 392. The molecular formula is C16H26N2O. The van der Waals surface area contributed by atoms with Gasteiger partial charge in [0.15, 0.2) is 0 Å². The van der Waals surface area contributed by atoms with E-state index < -0.39 is 6.10 Å². The molecule has 2 rings (SSSR count). The normalized spacial score (nSPS) is 22.1. The number of pyridine rings is 1. The smallest absolute Gasteiger partial charge is 0.134 e. The first-order valence-corrected chi connectivity index (χ1v) is 7.60. The number of hydrogen-bond acceptors (Lipinski definition) is 3. The highest BCUT2D eigenvalue weighted by Crippen LogP contribution is 2.28. The van der Waals surface area contributed by atoms with Gasteiger partial charge in [-0.3, -0.25) is 0 Å². The minimum atomic E-state index is -0.446. The maximum atomic E-state index is 9.88. The van der Waals surface area contributed by atoms with Gasteiger partial charge in [-0.05, 0) is 38.2 Å². The summed E-state index contributed by atoms with van der Waals surface area (Å²) in [6.45, 7) is 6.23. The van der Waals surface area contributed by atoms with Gasteiger partial charge < -0.3 is 10.0 Å². The number of rotatable bonds is 4. The zero-order valence-corrected chi connectivity index (χ0v) is 12.2. The van der Waals surface area contributed by atoms with Crippen LogP contribution in [0, 0.1) is 5.92 Å². The lowest BCUT2D eigenvalue weighted by Crippen LogP contribution is -2.26. The third kappa shape index (κ3) is 3.69. The van der Waals surface area contributed by atoms with Crippen LogP contribution in [0.4, 0.5) is 5.82 Å². The molecule has 0 saturated carbocycles. The molecule has 0 bridgehead atoms. The third-order valence-electron chi connectivity index (χ3n) is 4.11. The third-order valence-corrected chi connectivity index (χ3v) is 4.11. The molecule has 0 spiro atoms. The molecule has 1 unspecified atom stereocenters. The van der Waals surface area contributed by atoms with Crippen LogP contribution in [0.15, 0.2) is 18.3 Å². The molecule has 1 N–H and O–H groups in total. The van der Waals surface area contributed by atoms with Gasteiger partial charge in [-0.25, -0.2) is 4.98 Å². The molecule has 3 nitrogen and oxygen atoms in total. The van der Waals surface area contributed by atoms with Crippen molar-refractivity contribution in [3.63, 3.8) is 0 Å². The Labute approximate surface area is 116 Å². The number of aliphatic hydroxyl groups excluding tert-OH is 1. The molecule has 1 aromatic heterocycles. The first-order chi connectivity index (χ1) is 9.22. The van der Waals surface area contributed by atoms with E-state index >= 15 is 0 Å². The van der Waals surface area contributed by atoms with Crippen molar-refractivity contribution in [1.82, 2.24) is 4.98 Å². The predicted octanol–water partition coefficient (Wildman–Crippen LogP) is 3.54. The molecular weight excluding hydrogens is 236 g/mol. The summed E-state index contributed by atoms with van der Waals surface area (Å²) in [4.78, 5) is 6.86. The lowest BCUT2D eigenvalue weighted by Gasteiger charge is -2.25. The molecule has 19 heavy (non-hydrogen) atoms. The molecule has 0 amide bonds.